The third-order valence-electron chi connectivity index (χ3n) is 3.54. The quantitative estimate of drug-likeness (QED) is 0.929. The Hall–Kier alpha value is -1.94. The lowest BCUT2D eigenvalue weighted by atomic mass is 9.93. The summed E-state index contributed by atoms with van der Waals surface area (Å²) in [5.41, 5.74) is 9.55. The van der Waals surface area contributed by atoms with Crippen molar-refractivity contribution in [1.82, 2.24) is 0 Å². The molecule has 2 rings (SSSR count). The molecule has 2 nitrogen and oxygen atoms in total. The highest BCUT2D eigenvalue weighted by Crippen LogP contribution is 2.31. The Morgan fingerprint density at radius 2 is 1.86 bits per heavy atom. The van der Waals surface area contributed by atoms with Crippen molar-refractivity contribution in [2.75, 3.05) is 7.11 Å². The minimum absolute atomic E-state index is 0.284. The highest BCUT2D eigenvalue weighted by molar-refractivity contribution is 5.45. The molecular weight excluding hydrogens is 272 g/mol. The first-order valence-electron chi connectivity index (χ1n) is 6.77. The lowest BCUT2D eigenvalue weighted by molar-refractivity contribution is 0.404. The van der Waals surface area contributed by atoms with E-state index in [4.69, 9.17) is 10.5 Å². The molecule has 1 atom stereocenters. The van der Waals surface area contributed by atoms with E-state index < -0.39 is 17.7 Å². The molecule has 0 spiro atoms. The van der Waals surface area contributed by atoms with Gasteiger partial charge in [0.2, 0.25) is 0 Å². The molecule has 0 heterocycles. The fourth-order valence-corrected chi connectivity index (χ4v) is 2.61. The molecule has 2 aromatic rings. The van der Waals surface area contributed by atoms with Gasteiger partial charge in [0.1, 0.15) is 17.4 Å². The molecule has 0 saturated carbocycles. The summed E-state index contributed by atoms with van der Waals surface area (Å²) in [6, 6.07) is 7.05. The van der Waals surface area contributed by atoms with Gasteiger partial charge in [0, 0.05) is 17.7 Å². The SMILES string of the molecule is COc1cc(C)cc(C)c1C(N)Cc1ccc(F)cc1F. The van der Waals surface area contributed by atoms with E-state index in [0.29, 0.717) is 11.3 Å². The average Bonchev–Trinajstić information content (AvgIpc) is 2.40. The molecule has 2 aromatic carbocycles. The zero-order valence-electron chi connectivity index (χ0n) is 12.4. The molecule has 0 aromatic heterocycles. The second-order valence-electron chi connectivity index (χ2n) is 5.24. The Balaban J connectivity index is 2.34. The van der Waals surface area contributed by atoms with Crippen molar-refractivity contribution < 1.29 is 13.5 Å². The van der Waals surface area contributed by atoms with E-state index in [-0.39, 0.29) is 6.42 Å². The Morgan fingerprint density at radius 1 is 1.14 bits per heavy atom. The first-order chi connectivity index (χ1) is 9.92. The van der Waals surface area contributed by atoms with E-state index in [1.54, 1.807) is 7.11 Å². The number of ether oxygens (including phenoxy) is 1. The van der Waals surface area contributed by atoms with E-state index in [1.165, 1.54) is 12.1 Å². The minimum Gasteiger partial charge on any atom is -0.496 e. The van der Waals surface area contributed by atoms with Gasteiger partial charge in [-0.2, -0.15) is 0 Å². The van der Waals surface area contributed by atoms with Gasteiger partial charge in [-0.3, -0.25) is 0 Å². The summed E-state index contributed by atoms with van der Waals surface area (Å²) in [5.74, 6) is -0.467. The number of methoxy groups -OCH3 is 1. The van der Waals surface area contributed by atoms with Gasteiger partial charge >= 0.3 is 0 Å². The summed E-state index contributed by atoms with van der Waals surface area (Å²) in [6.07, 6.45) is 0.284. The average molecular weight is 291 g/mol. The van der Waals surface area contributed by atoms with Gasteiger partial charge in [0.25, 0.3) is 0 Å². The summed E-state index contributed by atoms with van der Waals surface area (Å²) in [4.78, 5) is 0. The van der Waals surface area contributed by atoms with Crippen molar-refractivity contribution in [3.63, 3.8) is 0 Å². The van der Waals surface area contributed by atoms with Crippen LogP contribution in [0.5, 0.6) is 5.75 Å². The van der Waals surface area contributed by atoms with Crippen LogP contribution in [-0.4, -0.2) is 7.11 Å². The predicted molar refractivity (Wildman–Crippen MR) is 79.5 cm³/mol. The van der Waals surface area contributed by atoms with Crippen LogP contribution in [0.3, 0.4) is 0 Å². The van der Waals surface area contributed by atoms with Crippen LogP contribution in [0.25, 0.3) is 0 Å². The molecule has 21 heavy (non-hydrogen) atoms. The largest absolute Gasteiger partial charge is 0.496 e. The number of hydrogen-bond acceptors (Lipinski definition) is 2. The fourth-order valence-electron chi connectivity index (χ4n) is 2.61. The van der Waals surface area contributed by atoms with Gasteiger partial charge in [-0.25, -0.2) is 8.78 Å². The maximum absolute atomic E-state index is 13.7. The maximum Gasteiger partial charge on any atom is 0.129 e. The van der Waals surface area contributed by atoms with E-state index in [1.807, 2.05) is 26.0 Å². The molecule has 0 radical (unpaired) electrons. The van der Waals surface area contributed by atoms with E-state index in [9.17, 15) is 8.78 Å². The number of hydrogen-bond donors (Lipinski definition) is 1. The van der Waals surface area contributed by atoms with Gasteiger partial charge in [-0.15, -0.1) is 0 Å². The molecule has 0 aliphatic rings. The Labute approximate surface area is 123 Å². The summed E-state index contributed by atoms with van der Waals surface area (Å²) in [6.45, 7) is 3.93. The van der Waals surface area contributed by atoms with Crippen LogP contribution in [0.15, 0.2) is 30.3 Å². The monoisotopic (exact) mass is 291 g/mol. The Morgan fingerprint density at radius 3 is 2.48 bits per heavy atom. The van der Waals surface area contributed by atoms with E-state index >= 15 is 0 Å². The molecule has 0 fully saturated rings. The molecule has 0 amide bonds. The van der Waals surface area contributed by atoms with Crippen LogP contribution in [0.1, 0.15) is 28.3 Å². The minimum atomic E-state index is -0.589. The molecule has 0 aliphatic carbocycles. The molecule has 2 N–H and O–H groups in total. The van der Waals surface area contributed by atoms with E-state index in [2.05, 4.69) is 0 Å². The van der Waals surface area contributed by atoms with Crippen molar-refractivity contribution in [3.05, 3.63) is 64.2 Å². The number of halogens is 2. The molecular formula is C17H19F2NO. The van der Waals surface area contributed by atoms with Crippen LogP contribution < -0.4 is 10.5 Å². The highest BCUT2D eigenvalue weighted by Gasteiger charge is 2.17. The third-order valence-corrected chi connectivity index (χ3v) is 3.54. The summed E-state index contributed by atoms with van der Waals surface area (Å²) in [5, 5.41) is 0. The van der Waals surface area contributed by atoms with Gasteiger partial charge in [-0.05, 0) is 49.1 Å². The van der Waals surface area contributed by atoms with Crippen LogP contribution in [0, 0.1) is 25.5 Å². The van der Waals surface area contributed by atoms with Crippen LogP contribution in [0.4, 0.5) is 8.78 Å². The smallest absolute Gasteiger partial charge is 0.129 e. The topological polar surface area (TPSA) is 35.2 Å². The van der Waals surface area contributed by atoms with Crippen LogP contribution in [-0.2, 0) is 6.42 Å². The van der Waals surface area contributed by atoms with Crippen LogP contribution in [0.2, 0.25) is 0 Å². The maximum atomic E-state index is 13.7. The molecule has 0 bridgehead atoms. The zero-order valence-corrected chi connectivity index (χ0v) is 12.4. The standard InChI is InChI=1S/C17H19F2NO/c1-10-6-11(2)17(16(7-10)21-3)15(20)8-12-4-5-13(18)9-14(12)19/h4-7,9,15H,8,20H2,1-3H3. The molecule has 1 unspecified atom stereocenters. The lowest BCUT2D eigenvalue weighted by Crippen LogP contribution is -2.17. The van der Waals surface area contributed by atoms with Gasteiger partial charge in [0.05, 0.1) is 7.11 Å². The number of nitrogens with two attached hydrogens (primary N) is 1. The molecule has 112 valence electrons. The predicted octanol–water partition coefficient (Wildman–Crippen LogP) is 3.83. The van der Waals surface area contributed by atoms with Gasteiger partial charge in [0.15, 0.2) is 0 Å². The summed E-state index contributed by atoms with van der Waals surface area (Å²) < 4.78 is 32.1. The molecule has 4 heteroatoms. The first-order valence-corrected chi connectivity index (χ1v) is 6.77. The third kappa shape index (κ3) is 3.39. The molecule has 0 aliphatic heterocycles. The van der Waals surface area contributed by atoms with Crippen molar-refractivity contribution in [1.29, 1.82) is 0 Å². The van der Waals surface area contributed by atoms with E-state index in [0.717, 1.165) is 22.8 Å². The first kappa shape index (κ1) is 15.4. The van der Waals surface area contributed by atoms with Gasteiger partial charge in [-0.1, -0.05) is 12.1 Å². The van der Waals surface area contributed by atoms with Crippen molar-refractivity contribution in [2.45, 2.75) is 26.3 Å². The molecule has 0 saturated heterocycles. The fraction of sp³-hybridized carbons (Fsp3) is 0.294. The van der Waals surface area contributed by atoms with Crippen molar-refractivity contribution >= 4 is 0 Å². The summed E-state index contributed by atoms with van der Waals surface area (Å²) >= 11 is 0. The number of aryl methyl sites for hydroxylation is 2. The second-order valence-corrected chi connectivity index (χ2v) is 5.24. The van der Waals surface area contributed by atoms with Crippen LogP contribution >= 0.6 is 0 Å². The zero-order chi connectivity index (χ0) is 15.6. The lowest BCUT2D eigenvalue weighted by Gasteiger charge is -2.19. The van der Waals surface area contributed by atoms with Crippen molar-refractivity contribution in [2.24, 2.45) is 5.73 Å². The Bertz CT molecular complexity index is 655. The van der Waals surface area contributed by atoms with Gasteiger partial charge < -0.3 is 10.5 Å². The number of benzene rings is 2. The highest BCUT2D eigenvalue weighted by atomic mass is 19.1. The summed E-state index contributed by atoms with van der Waals surface area (Å²) in [7, 11) is 1.59. The van der Waals surface area contributed by atoms with Crippen molar-refractivity contribution in [3.8, 4) is 5.75 Å². The number of rotatable bonds is 4. The normalized spacial score (nSPS) is 12.3. The second kappa shape index (κ2) is 6.22. The Kier molecular flexibility index (Phi) is 4.58.